The topological polar surface area (TPSA) is 69.6 Å². The SMILES string of the molecule is CC[C@@H](NC(=O)Cn1cc(C(=O)C2CC2)c2ccccc21)c1ccc2c(c1)OCCCO2. The third-order valence-corrected chi connectivity index (χ3v) is 6.23. The van der Waals surface area contributed by atoms with Gasteiger partial charge in [-0.1, -0.05) is 31.2 Å². The second kappa shape index (κ2) is 8.69. The number of carbonyl (C=O) groups excluding carboxylic acids is 2. The van der Waals surface area contributed by atoms with Crippen LogP contribution < -0.4 is 14.8 Å². The monoisotopic (exact) mass is 432 g/mol. The van der Waals surface area contributed by atoms with Crippen molar-refractivity contribution < 1.29 is 19.1 Å². The smallest absolute Gasteiger partial charge is 0.240 e. The molecule has 1 amide bonds. The normalized spacial score (nSPS) is 16.4. The Morgan fingerprint density at radius 3 is 2.66 bits per heavy atom. The fourth-order valence-electron chi connectivity index (χ4n) is 4.35. The van der Waals surface area contributed by atoms with Gasteiger partial charge in [0.15, 0.2) is 17.3 Å². The minimum Gasteiger partial charge on any atom is -0.490 e. The first-order valence-corrected chi connectivity index (χ1v) is 11.4. The molecule has 1 fully saturated rings. The summed E-state index contributed by atoms with van der Waals surface area (Å²) in [6, 6.07) is 13.5. The number of para-hydroxylation sites is 1. The highest BCUT2D eigenvalue weighted by atomic mass is 16.5. The van der Waals surface area contributed by atoms with Crippen LogP contribution >= 0.6 is 0 Å². The van der Waals surface area contributed by atoms with E-state index < -0.39 is 0 Å². The van der Waals surface area contributed by atoms with E-state index in [0.29, 0.717) is 13.2 Å². The fraction of sp³-hybridized carbons (Fsp3) is 0.385. The van der Waals surface area contributed by atoms with Gasteiger partial charge in [-0.15, -0.1) is 0 Å². The van der Waals surface area contributed by atoms with Crippen molar-refractivity contribution in [3.05, 3.63) is 59.8 Å². The second-order valence-electron chi connectivity index (χ2n) is 8.61. The number of nitrogens with zero attached hydrogens (tertiary/aromatic N) is 1. The van der Waals surface area contributed by atoms with Crippen LogP contribution in [0.1, 0.15) is 54.6 Å². The molecule has 1 aliphatic heterocycles. The predicted molar refractivity (Wildman–Crippen MR) is 122 cm³/mol. The first-order chi connectivity index (χ1) is 15.6. The first kappa shape index (κ1) is 20.6. The largest absolute Gasteiger partial charge is 0.490 e. The first-order valence-electron chi connectivity index (χ1n) is 11.4. The Morgan fingerprint density at radius 2 is 1.88 bits per heavy atom. The molecule has 0 radical (unpaired) electrons. The Balaban J connectivity index is 1.34. The van der Waals surface area contributed by atoms with Crippen molar-refractivity contribution in [1.82, 2.24) is 9.88 Å². The number of Topliss-reactive ketones (excluding diaryl/α,β-unsaturated/α-hetero) is 1. The number of benzene rings is 2. The molecule has 5 rings (SSSR count). The van der Waals surface area contributed by atoms with E-state index in [4.69, 9.17) is 9.47 Å². The van der Waals surface area contributed by atoms with E-state index in [2.05, 4.69) is 5.32 Å². The van der Waals surface area contributed by atoms with Crippen molar-refractivity contribution in [2.75, 3.05) is 13.2 Å². The molecule has 2 heterocycles. The van der Waals surface area contributed by atoms with E-state index >= 15 is 0 Å². The van der Waals surface area contributed by atoms with E-state index in [0.717, 1.165) is 59.2 Å². The van der Waals surface area contributed by atoms with Crippen molar-refractivity contribution in [3.63, 3.8) is 0 Å². The number of hydrogen-bond donors (Lipinski definition) is 1. The minimum absolute atomic E-state index is 0.0878. The summed E-state index contributed by atoms with van der Waals surface area (Å²) in [5, 5.41) is 4.07. The molecule has 1 N–H and O–H groups in total. The third-order valence-electron chi connectivity index (χ3n) is 6.23. The molecule has 0 spiro atoms. The Hall–Kier alpha value is -3.28. The lowest BCUT2D eigenvalue weighted by atomic mass is 10.0. The van der Waals surface area contributed by atoms with Gasteiger partial charge in [0, 0.05) is 35.0 Å². The molecule has 32 heavy (non-hydrogen) atoms. The number of amides is 1. The number of rotatable bonds is 7. The van der Waals surface area contributed by atoms with Crippen LogP contribution in [0.4, 0.5) is 0 Å². The Bertz CT molecular complexity index is 1160. The van der Waals surface area contributed by atoms with Crippen LogP contribution in [0.3, 0.4) is 0 Å². The molecule has 1 saturated carbocycles. The summed E-state index contributed by atoms with van der Waals surface area (Å²) in [5.74, 6) is 1.73. The van der Waals surface area contributed by atoms with E-state index in [1.807, 2.05) is 60.2 Å². The van der Waals surface area contributed by atoms with E-state index in [-0.39, 0.29) is 30.2 Å². The molecular weight excluding hydrogens is 404 g/mol. The zero-order valence-corrected chi connectivity index (χ0v) is 18.3. The van der Waals surface area contributed by atoms with E-state index in [1.54, 1.807) is 0 Å². The fourth-order valence-corrected chi connectivity index (χ4v) is 4.35. The van der Waals surface area contributed by atoms with Gasteiger partial charge < -0.3 is 19.4 Å². The highest BCUT2D eigenvalue weighted by molar-refractivity contribution is 6.10. The molecule has 0 bridgehead atoms. The summed E-state index contributed by atoms with van der Waals surface area (Å²) >= 11 is 0. The van der Waals surface area contributed by atoms with Crippen molar-refractivity contribution in [3.8, 4) is 11.5 Å². The van der Waals surface area contributed by atoms with Gasteiger partial charge in [-0.2, -0.15) is 0 Å². The number of hydrogen-bond acceptors (Lipinski definition) is 4. The summed E-state index contributed by atoms with van der Waals surface area (Å²) in [6.45, 7) is 3.49. The van der Waals surface area contributed by atoms with Crippen LogP contribution in [-0.4, -0.2) is 29.5 Å². The average Bonchev–Trinajstić information content (AvgIpc) is 3.63. The highest BCUT2D eigenvalue weighted by Crippen LogP contribution is 2.36. The standard InChI is InChI=1S/C26H28N2O4/c1-2-21(18-10-11-23-24(14-18)32-13-5-12-31-23)27-25(29)16-28-15-20(26(30)17-8-9-17)19-6-3-4-7-22(19)28/h3-4,6-7,10-11,14-15,17,21H,2,5,8-9,12-13,16H2,1H3,(H,27,29)/t21-/m1/s1. The van der Waals surface area contributed by atoms with Gasteiger partial charge in [0.2, 0.25) is 5.91 Å². The molecule has 166 valence electrons. The molecule has 2 aromatic carbocycles. The number of nitrogens with one attached hydrogen (secondary N) is 1. The predicted octanol–water partition coefficient (Wildman–Crippen LogP) is 4.66. The average molecular weight is 433 g/mol. The zero-order chi connectivity index (χ0) is 22.1. The maximum atomic E-state index is 13.0. The summed E-state index contributed by atoms with van der Waals surface area (Å²) in [4.78, 5) is 25.7. The van der Waals surface area contributed by atoms with Gasteiger partial charge in [0.25, 0.3) is 0 Å². The summed E-state index contributed by atoms with van der Waals surface area (Å²) in [5.41, 5.74) is 2.63. The second-order valence-corrected chi connectivity index (χ2v) is 8.61. The zero-order valence-electron chi connectivity index (χ0n) is 18.3. The molecule has 1 aromatic heterocycles. The van der Waals surface area contributed by atoms with Crippen LogP contribution in [-0.2, 0) is 11.3 Å². The Kier molecular flexibility index (Phi) is 5.60. The Labute approximate surface area is 187 Å². The molecule has 1 atom stereocenters. The molecule has 2 aliphatic rings. The maximum absolute atomic E-state index is 13.0. The van der Waals surface area contributed by atoms with Gasteiger partial charge in [-0.3, -0.25) is 9.59 Å². The molecule has 6 heteroatoms. The molecule has 0 saturated heterocycles. The lowest BCUT2D eigenvalue weighted by molar-refractivity contribution is -0.122. The van der Waals surface area contributed by atoms with Crippen molar-refractivity contribution in [2.24, 2.45) is 5.92 Å². The number of fused-ring (bicyclic) bond motifs is 2. The van der Waals surface area contributed by atoms with Gasteiger partial charge in [0.1, 0.15) is 6.54 Å². The molecule has 0 unspecified atom stereocenters. The van der Waals surface area contributed by atoms with Crippen molar-refractivity contribution >= 4 is 22.6 Å². The summed E-state index contributed by atoms with van der Waals surface area (Å²) < 4.78 is 13.4. The lowest BCUT2D eigenvalue weighted by Crippen LogP contribution is -2.31. The van der Waals surface area contributed by atoms with E-state index in [1.165, 1.54) is 0 Å². The third kappa shape index (κ3) is 4.09. The number of carbonyl (C=O) groups is 2. The van der Waals surface area contributed by atoms with Gasteiger partial charge >= 0.3 is 0 Å². The van der Waals surface area contributed by atoms with Crippen molar-refractivity contribution in [2.45, 2.75) is 45.2 Å². The quantitative estimate of drug-likeness (QED) is 0.551. The number of ether oxygens (including phenoxy) is 2. The number of aromatic nitrogens is 1. The Morgan fingerprint density at radius 1 is 1.09 bits per heavy atom. The van der Waals surface area contributed by atoms with Crippen LogP contribution in [0.25, 0.3) is 10.9 Å². The van der Waals surface area contributed by atoms with Crippen LogP contribution in [0.2, 0.25) is 0 Å². The highest BCUT2D eigenvalue weighted by Gasteiger charge is 2.32. The van der Waals surface area contributed by atoms with E-state index in [9.17, 15) is 9.59 Å². The minimum atomic E-state index is -0.131. The van der Waals surface area contributed by atoms with Crippen LogP contribution in [0.5, 0.6) is 11.5 Å². The summed E-state index contributed by atoms with van der Waals surface area (Å²) in [7, 11) is 0. The lowest BCUT2D eigenvalue weighted by Gasteiger charge is -2.19. The van der Waals surface area contributed by atoms with Crippen LogP contribution in [0.15, 0.2) is 48.7 Å². The van der Waals surface area contributed by atoms with Crippen LogP contribution in [0, 0.1) is 5.92 Å². The number of ketones is 1. The molecule has 1 aliphatic carbocycles. The van der Waals surface area contributed by atoms with Crippen molar-refractivity contribution in [1.29, 1.82) is 0 Å². The van der Waals surface area contributed by atoms with Gasteiger partial charge in [0.05, 0.1) is 19.3 Å². The molecular formula is C26H28N2O4. The molecule has 6 nitrogen and oxygen atoms in total. The van der Waals surface area contributed by atoms with Gasteiger partial charge in [-0.05, 0) is 43.0 Å². The molecule has 3 aromatic rings. The van der Waals surface area contributed by atoms with Gasteiger partial charge in [-0.25, -0.2) is 0 Å². The summed E-state index contributed by atoms with van der Waals surface area (Å²) in [6.07, 6.45) is 5.38. The maximum Gasteiger partial charge on any atom is 0.240 e.